The minimum atomic E-state index is -0.0280. The lowest BCUT2D eigenvalue weighted by Gasteiger charge is -2.07. The number of carbonyl (C=O) groups is 1. The van der Waals surface area contributed by atoms with E-state index in [1.165, 1.54) is 0 Å². The third kappa shape index (κ3) is 4.06. The van der Waals surface area contributed by atoms with Crippen LogP contribution in [-0.4, -0.2) is 17.4 Å². The quantitative estimate of drug-likeness (QED) is 0.852. The van der Waals surface area contributed by atoms with Crippen molar-refractivity contribution in [1.29, 1.82) is 0 Å². The van der Waals surface area contributed by atoms with Crippen LogP contribution < -0.4 is 10.6 Å². The number of nitrogens with zero attached hydrogens (tertiary/aromatic N) is 1. The summed E-state index contributed by atoms with van der Waals surface area (Å²) in [5, 5.41) is 9.11. The van der Waals surface area contributed by atoms with E-state index in [1.807, 2.05) is 36.6 Å². The van der Waals surface area contributed by atoms with E-state index in [-0.39, 0.29) is 5.91 Å². The van der Waals surface area contributed by atoms with E-state index in [0.717, 1.165) is 17.1 Å². The first-order chi connectivity index (χ1) is 9.29. The molecule has 0 atom stereocenters. The van der Waals surface area contributed by atoms with Gasteiger partial charge in [0, 0.05) is 29.4 Å². The van der Waals surface area contributed by atoms with Gasteiger partial charge in [0.25, 0.3) is 5.91 Å². The molecule has 2 aromatic rings. The van der Waals surface area contributed by atoms with Gasteiger partial charge in [0.1, 0.15) is 5.01 Å². The second-order valence-corrected chi connectivity index (χ2v) is 5.10. The van der Waals surface area contributed by atoms with Gasteiger partial charge in [-0.1, -0.05) is 13.0 Å². The molecular formula is C14H17N3OS. The zero-order valence-corrected chi connectivity index (χ0v) is 11.7. The number of hydrogen-bond donors (Lipinski definition) is 2. The smallest absolute Gasteiger partial charge is 0.251 e. The number of benzene rings is 1. The summed E-state index contributed by atoms with van der Waals surface area (Å²) in [6.07, 6.45) is 2.73. The van der Waals surface area contributed by atoms with Gasteiger partial charge in [-0.05, 0) is 24.6 Å². The van der Waals surface area contributed by atoms with Crippen LogP contribution in [0, 0.1) is 0 Å². The van der Waals surface area contributed by atoms with Crippen molar-refractivity contribution in [1.82, 2.24) is 10.3 Å². The second kappa shape index (κ2) is 6.89. The molecular weight excluding hydrogens is 258 g/mol. The molecule has 5 heteroatoms. The van der Waals surface area contributed by atoms with Gasteiger partial charge in [-0.25, -0.2) is 4.98 Å². The van der Waals surface area contributed by atoms with Crippen LogP contribution in [0.4, 0.5) is 5.69 Å². The van der Waals surface area contributed by atoms with Crippen molar-refractivity contribution in [2.24, 2.45) is 0 Å². The lowest BCUT2D eigenvalue weighted by atomic mass is 10.2. The van der Waals surface area contributed by atoms with Crippen molar-refractivity contribution in [2.45, 2.75) is 19.9 Å². The maximum absolute atomic E-state index is 11.8. The van der Waals surface area contributed by atoms with Gasteiger partial charge in [0.2, 0.25) is 0 Å². The Labute approximate surface area is 116 Å². The van der Waals surface area contributed by atoms with Gasteiger partial charge >= 0.3 is 0 Å². The van der Waals surface area contributed by atoms with E-state index in [4.69, 9.17) is 0 Å². The van der Waals surface area contributed by atoms with Crippen molar-refractivity contribution in [3.8, 4) is 0 Å². The van der Waals surface area contributed by atoms with E-state index < -0.39 is 0 Å². The first-order valence-corrected chi connectivity index (χ1v) is 7.18. The van der Waals surface area contributed by atoms with Crippen LogP contribution in [-0.2, 0) is 6.54 Å². The maximum Gasteiger partial charge on any atom is 0.251 e. The zero-order valence-electron chi connectivity index (χ0n) is 10.8. The van der Waals surface area contributed by atoms with Gasteiger partial charge in [0.05, 0.1) is 6.54 Å². The number of rotatable bonds is 6. The molecule has 0 saturated heterocycles. The van der Waals surface area contributed by atoms with E-state index in [1.54, 1.807) is 17.5 Å². The molecule has 1 aromatic heterocycles. The maximum atomic E-state index is 11.8. The first kappa shape index (κ1) is 13.5. The molecule has 0 bridgehead atoms. The Balaban J connectivity index is 1.96. The van der Waals surface area contributed by atoms with Gasteiger partial charge in [-0.15, -0.1) is 11.3 Å². The third-order valence-corrected chi connectivity index (χ3v) is 3.37. The fourth-order valence-electron chi connectivity index (χ4n) is 1.63. The number of anilines is 1. The fraction of sp³-hybridized carbons (Fsp3) is 0.286. The summed E-state index contributed by atoms with van der Waals surface area (Å²) in [6, 6.07) is 7.51. The summed E-state index contributed by atoms with van der Waals surface area (Å²) in [5.74, 6) is -0.0280. The molecule has 4 nitrogen and oxygen atoms in total. The Hall–Kier alpha value is -1.88. The van der Waals surface area contributed by atoms with Crippen LogP contribution in [0.3, 0.4) is 0 Å². The highest BCUT2D eigenvalue weighted by atomic mass is 32.1. The van der Waals surface area contributed by atoms with Gasteiger partial charge < -0.3 is 10.6 Å². The first-order valence-electron chi connectivity index (χ1n) is 6.30. The Morgan fingerprint density at radius 1 is 1.42 bits per heavy atom. The van der Waals surface area contributed by atoms with Crippen LogP contribution in [0.1, 0.15) is 28.7 Å². The van der Waals surface area contributed by atoms with Crippen LogP contribution in [0.15, 0.2) is 35.8 Å². The zero-order chi connectivity index (χ0) is 13.5. The standard InChI is InChI=1S/C14H17N3OS/c1-2-6-16-14(18)11-4-3-5-12(9-11)17-10-13-15-7-8-19-13/h3-5,7-9,17H,2,6,10H2,1H3,(H,16,18). The second-order valence-electron chi connectivity index (χ2n) is 4.12. The number of aromatic nitrogens is 1. The molecule has 100 valence electrons. The average Bonchev–Trinajstić information content (AvgIpc) is 2.96. The lowest BCUT2D eigenvalue weighted by Crippen LogP contribution is -2.23. The Morgan fingerprint density at radius 2 is 2.32 bits per heavy atom. The number of nitrogens with one attached hydrogen (secondary N) is 2. The summed E-state index contributed by atoms with van der Waals surface area (Å²) < 4.78 is 0. The minimum Gasteiger partial charge on any atom is -0.379 e. The summed E-state index contributed by atoms with van der Waals surface area (Å²) in [6.45, 7) is 3.42. The van der Waals surface area contributed by atoms with E-state index in [9.17, 15) is 4.79 Å². The van der Waals surface area contributed by atoms with E-state index in [2.05, 4.69) is 15.6 Å². The summed E-state index contributed by atoms with van der Waals surface area (Å²) in [5.41, 5.74) is 1.61. The molecule has 0 fully saturated rings. The molecule has 0 aliphatic carbocycles. The van der Waals surface area contributed by atoms with Gasteiger partial charge in [-0.3, -0.25) is 4.79 Å². The summed E-state index contributed by atoms with van der Waals surface area (Å²) >= 11 is 1.61. The highest BCUT2D eigenvalue weighted by Gasteiger charge is 2.05. The highest BCUT2D eigenvalue weighted by molar-refractivity contribution is 7.09. The van der Waals surface area contributed by atoms with Crippen molar-refractivity contribution in [2.75, 3.05) is 11.9 Å². The Bertz CT molecular complexity index is 525. The molecule has 19 heavy (non-hydrogen) atoms. The van der Waals surface area contributed by atoms with Crippen LogP contribution in [0.2, 0.25) is 0 Å². The molecule has 0 radical (unpaired) electrons. The molecule has 1 heterocycles. The molecule has 0 saturated carbocycles. The van der Waals surface area contributed by atoms with Crippen molar-refractivity contribution in [3.63, 3.8) is 0 Å². The molecule has 0 spiro atoms. The van der Waals surface area contributed by atoms with Crippen molar-refractivity contribution >= 4 is 22.9 Å². The predicted octanol–water partition coefficient (Wildman–Crippen LogP) is 2.90. The van der Waals surface area contributed by atoms with E-state index in [0.29, 0.717) is 18.7 Å². The molecule has 1 aromatic carbocycles. The van der Waals surface area contributed by atoms with Gasteiger partial charge in [-0.2, -0.15) is 0 Å². The number of thiazole rings is 1. The Morgan fingerprint density at radius 3 is 3.05 bits per heavy atom. The lowest BCUT2D eigenvalue weighted by molar-refractivity contribution is 0.0953. The minimum absolute atomic E-state index is 0.0280. The topological polar surface area (TPSA) is 54.0 Å². The Kier molecular flexibility index (Phi) is 4.92. The monoisotopic (exact) mass is 275 g/mol. The number of amides is 1. The highest BCUT2D eigenvalue weighted by Crippen LogP contribution is 2.13. The van der Waals surface area contributed by atoms with E-state index >= 15 is 0 Å². The molecule has 2 N–H and O–H groups in total. The molecule has 0 unspecified atom stereocenters. The van der Waals surface area contributed by atoms with Crippen LogP contribution in [0.5, 0.6) is 0 Å². The SMILES string of the molecule is CCCNC(=O)c1cccc(NCc2nccs2)c1. The van der Waals surface area contributed by atoms with Gasteiger partial charge in [0.15, 0.2) is 0 Å². The predicted molar refractivity (Wildman–Crippen MR) is 78.5 cm³/mol. The largest absolute Gasteiger partial charge is 0.379 e. The number of carbonyl (C=O) groups excluding carboxylic acids is 1. The average molecular weight is 275 g/mol. The third-order valence-electron chi connectivity index (χ3n) is 2.59. The van der Waals surface area contributed by atoms with Crippen LogP contribution in [0.25, 0.3) is 0 Å². The summed E-state index contributed by atoms with van der Waals surface area (Å²) in [4.78, 5) is 16.0. The summed E-state index contributed by atoms with van der Waals surface area (Å²) in [7, 11) is 0. The fourth-order valence-corrected chi connectivity index (χ4v) is 2.18. The molecule has 1 amide bonds. The molecule has 2 rings (SSSR count). The van der Waals surface area contributed by atoms with Crippen LogP contribution >= 0.6 is 11.3 Å². The van der Waals surface area contributed by atoms with Crippen molar-refractivity contribution < 1.29 is 4.79 Å². The normalized spacial score (nSPS) is 10.2. The molecule has 0 aliphatic rings. The molecule has 0 aliphatic heterocycles. The van der Waals surface area contributed by atoms with Crippen molar-refractivity contribution in [3.05, 3.63) is 46.4 Å². The number of hydrogen-bond acceptors (Lipinski definition) is 4.